The molecule has 2 aliphatic heterocycles. The van der Waals surface area contributed by atoms with Crippen LogP contribution in [0.3, 0.4) is 0 Å². The first-order valence-corrected chi connectivity index (χ1v) is 9.98. The van der Waals surface area contributed by atoms with Crippen LogP contribution in [-0.4, -0.2) is 49.1 Å². The van der Waals surface area contributed by atoms with Crippen LogP contribution < -0.4 is 15.4 Å². The summed E-state index contributed by atoms with van der Waals surface area (Å²) in [6.07, 6.45) is 0. The largest absolute Gasteiger partial charge is 0.454 e. The van der Waals surface area contributed by atoms with Crippen molar-refractivity contribution >= 4 is 34.8 Å². The van der Waals surface area contributed by atoms with Crippen LogP contribution in [0.1, 0.15) is 19.4 Å². The highest BCUT2D eigenvalue weighted by Gasteiger charge is 2.25. The summed E-state index contributed by atoms with van der Waals surface area (Å²) in [4.78, 5) is 19.2. The van der Waals surface area contributed by atoms with Crippen molar-refractivity contribution < 1.29 is 14.3 Å². The van der Waals surface area contributed by atoms with Crippen molar-refractivity contribution in [2.24, 2.45) is 4.99 Å². The first-order valence-electron chi connectivity index (χ1n) is 9.60. The maximum Gasteiger partial charge on any atom is 0.319 e. The Bertz CT molecular complexity index is 955. The number of anilines is 1. The summed E-state index contributed by atoms with van der Waals surface area (Å²) < 4.78 is 11.6. The SMILES string of the molecule is CC(C)NC(=O)Nc1ccc2c(c1)C(N1CCOCC1)=Nc1cc(Cl)ccc1O2. The highest BCUT2D eigenvalue weighted by atomic mass is 35.5. The molecule has 4 rings (SSSR count). The number of amides is 2. The van der Waals surface area contributed by atoms with E-state index < -0.39 is 0 Å². The topological polar surface area (TPSA) is 75.2 Å². The number of amidine groups is 1. The normalized spacial score (nSPS) is 15.6. The predicted molar refractivity (Wildman–Crippen MR) is 114 cm³/mol. The van der Waals surface area contributed by atoms with Gasteiger partial charge in [-0.3, -0.25) is 0 Å². The summed E-state index contributed by atoms with van der Waals surface area (Å²) in [5, 5.41) is 6.29. The van der Waals surface area contributed by atoms with E-state index in [1.807, 2.05) is 38.1 Å². The number of rotatable bonds is 2. The molecule has 0 atom stereocenters. The molecule has 8 heteroatoms. The minimum absolute atomic E-state index is 0.0453. The minimum atomic E-state index is -0.255. The summed E-state index contributed by atoms with van der Waals surface area (Å²) in [5.41, 5.74) is 2.14. The number of morpholine rings is 1. The number of nitrogens with one attached hydrogen (secondary N) is 2. The molecule has 2 aliphatic rings. The molecule has 2 amide bonds. The highest BCUT2D eigenvalue weighted by Crippen LogP contribution is 2.40. The van der Waals surface area contributed by atoms with Crippen LogP contribution in [0.5, 0.6) is 11.5 Å². The average Bonchev–Trinajstić information content (AvgIpc) is 2.84. The molecule has 1 fully saturated rings. The van der Waals surface area contributed by atoms with Crippen molar-refractivity contribution in [2.45, 2.75) is 19.9 Å². The van der Waals surface area contributed by atoms with Crippen LogP contribution in [0.25, 0.3) is 0 Å². The Kier molecular flexibility index (Phi) is 5.60. The molecule has 2 aromatic rings. The lowest BCUT2D eigenvalue weighted by Gasteiger charge is -2.30. The van der Waals surface area contributed by atoms with Crippen molar-refractivity contribution in [1.29, 1.82) is 0 Å². The second-order valence-corrected chi connectivity index (χ2v) is 7.65. The number of aliphatic imine (C=N–C) groups is 1. The molecule has 2 N–H and O–H groups in total. The highest BCUT2D eigenvalue weighted by molar-refractivity contribution is 6.31. The molecule has 0 unspecified atom stereocenters. The second-order valence-electron chi connectivity index (χ2n) is 7.21. The third kappa shape index (κ3) is 4.46. The molecular formula is C21H23ClN4O3. The Balaban J connectivity index is 1.75. The van der Waals surface area contributed by atoms with E-state index in [1.165, 1.54) is 0 Å². The van der Waals surface area contributed by atoms with Gasteiger partial charge in [0.2, 0.25) is 0 Å². The fourth-order valence-corrected chi connectivity index (χ4v) is 3.44. The molecule has 0 aromatic heterocycles. The number of halogens is 1. The van der Waals surface area contributed by atoms with Gasteiger partial charge in [-0.15, -0.1) is 0 Å². The van der Waals surface area contributed by atoms with Gasteiger partial charge in [-0.2, -0.15) is 0 Å². The maximum atomic E-state index is 12.1. The first kappa shape index (κ1) is 19.5. The van der Waals surface area contributed by atoms with Gasteiger partial charge in [-0.1, -0.05) is 11.6 Å². The van der Waals surface area contributed by atoms with Gasteiger partial charge in [0.05, 0.1) is 18.8 Å². The fourth-order valence-electron chi connectivity index (χ4n) is 3.27. The molecule has 7 nitrogen and oxygen atoms in total. The smallest absolute Gasteiger partial charge is 0.319 e. The quantitative estimate of drug-likeness (QED) is 0.764. The lowest BCUT2D eigenvalue weighted by molar-refractivity contribution is 0.0683. The lowest BCUT2D eigenvalue weighted by Crippen LogP contribution is -2.41. The Hall–Kier alpha value is -2.77. The molecule has 29 heavy (non-hydrogen) atoms. The number of carbonyl (C=O) groups excluding carboxylic acids is 1. The Morgan fingerprint density at radius 2 is 1.90 bits per heavy atom. The number of hydrogen-bond acceptors (Lipinski definition) is 5. The monoisotopic (exact) mass is 414 g/mol. The van der Waals surface area contributed by atoms with Crippen molar-refractivity contribution in [2.75, 3.05) is 31.6 Å². The van der Waals surface area contributed by atoms with Gasteiger partial charge in [-0.05, 0) is 50.2 Å². The van der Waals surface area contributed by atoms with E-state index in [0.717, 1.165) is 24.5 Å². The van der Waals surface area contributed by atoms with Crippen LogP contribution in [0.15, 0.2) is 41.4 Å². The Morgan fingerprint density at radius 3 is 2.66 bits per heavy atom. The van der Waals surface area contributed by atoms with Crippen molar-refractivity contribution in [3.63, 3.8) is 0 Å². The average molecular weight is 415 g/mol. The van der Waals surface area contributed by atoms with Crippen LogP contribution in [-0.2, 0) is 4.74 Å². The molecule has 0 radical (unpaired) electrons. The number of nitrogens with zero attached hydrogens (tertiary/aromatic N) is 2. The van der Waals surface area contributed by atoms with Crippen LogP contribution in [0.4, 0.5) is 16.2 Å². The van der Waals surface area contributed by atoms with Gasteiger partial charge in [0.25, 0.3) is 0 Å². The van der Waals surface area contributed by atoms with Gasteiger partial charge in [0, 0.05) is 29.8 Å². The maximum absolute atomic E-state index is 12.1. The molecule has 2 aromatic carbocycles. The van der Waals surface area contributed by atoms with Gasteiger partial charge >= 0.3 is 6.03 Å². The Morgan fingerprint density at radius 1 is 1.14 bits per heavy atom. The molecule has 152 valence electrons. The number of benzene rings is 2. The molecule has 0 saturated carbocycles. The summed E-state index contributed by atoms with van der Waals surface area (Å²) in [6.45, 7) is 6.53. The van der Waals surface area contributed by atoms with Crippen molar-refractivity contribution in [3.8, 4) is 11.5 Å². The summed E-state index contributed by atoms with van der Waals surface area (Å²) in [5.74, 6) is 2.08. The second kappa shape index (κ2) is 8.31. The van der Waals surface area contributed by atoms with Gasteiger partial charge < -0.3 is 25.0 Å². The van der Waals surface area contributed by atoms with E-state index in [2.05, 4.69) is 15.5 Å². The molecule has 0 aliphatic carbocycles. The number of carbonyl (C=O) groups is 1. The zero-order valence-corrected chi connectivity index (χ0v) is 17.1. The Labute approximate surface area is 174 Å². The van der Waals surface area contributed by atoms with E-state index in [-0.39, 0.29) is 12.1 Å². The van der Waals surface area contributed by atoms with E-state index in [4.69, 9.17) is 26.1 Å². The summed E-state index contributed by atoms with van der Waals surface area (Å²) >= 11 is 6.19. The molecule has 0 spiro atoms. The third-order valence-electron chi connectivity index (χ3n) is 4.58. The van der Waals surface area contributed by atoms with Crippen molar-refractivity contribution in [1.82, 2.24) is 10.2 Å². The van der Waals surface area contributed by atoms with Crippen LogP contribution in [0, 0.1) is 0 Å². The molecule has 2 heterocycles. The molecule has 0 bridgehead atoms. The molecule has 1 saturated heterocycles. The standard InChI is InChI=1S/C21H23ClN4O3/c1-13(2)23-21(27)24-15-4-6-18-16(12-15)20(26-7-9-28-10-8-26)25-17-11-14(22)3-5-19(17)29-18/h3-6,11-13H,7-10H2,1-2H3,(H2,23,24,27). The summed E-state index contributed by atoms with van der Waals surface area (Å²) in [7, 11) is 0. The minimum Gasteiger partial charge on any atom is -0.454 e. The fraction of sp³-hybridized carbons (Fsp3) is 0.333. The summed E-state index contributed by atoms with van der Waals surface area (Å²) in [6, 6.07) is 10.7. The van der Waals surface area contributed by atoms with Crippen molar-refractivity contribution in [3.05, 3.63) is 47.0 Å². The lowest BCUT2D eigenvalue weighted by atomic mass is 10.1. The van der Waals surface area contributed by atoms with E-state index in [1.54, 1.807) is 12.1 Å². The van der Waals surface area contributed by atoms with E-state index in [0.29, 0.717) is 41.1 Å². The zero-order valence-electron chi connectivity index (χ0n) is 16.4. The van der Waals surface area contributed by atoms with Gasteiger partial charge in [0.1, 0.15) is 17.3 Å². The number of ether oxygens (including phenoxy) is 2. The van der Waals surface area contributed by atoms with Gasteiger partial charge in [-0.25, -0.2) is 9.79 Å². The first-order chi connectivity index (χ1) is 14.0. The van der Waals surface area contributed by atoms with E-state index >= 15 is 0 Å². The number of urea groups is 1. The number of fused-ring (bicyclic) bond motifs is 2. The zero-order chi connectivity index (χ0) is 20.4. The van der Waals surface area contributed by atoms with Crippen LogP contribution >= 0.6 is 11.6 Å². The van der Waals surface area contributed by atoms with Gasteiger partial charge in [0.15, 0.2) is 5.75 Å². The number of hydrogen-bond donors (Lipinski definition) is 2. The molecular weight excluding hydrogens is 392 g/mol. The van der Waals surface area contributed by atoms with E-state index in [9.17, 15) is 4.79 Å². The predicted octanol–water partition coefficient (Wildman–Crippen LogP) is 4.39. The van der Waals surface area contributed by atoms with Crippen LogP contribution in [0.2, 0.25) is 5.02 Å². The third-order valence-corrected chi connectivity index (χ3v) is 4.81.